The summed E-state index contributed by atoms with van der Waals surface area (Å²) < 4.78 is 39.9. The molecule has 0 atom stereocenters. The molecule has 1 spiro atoms. The standard InChI is InChI=1S/C29H39F3N4O2S/c1-19-17-24(35(4)21(3)37)18-20(2)25(19)10-16-39-36-14-12-28(13-15-36)27(38)33-26(34-28)23-7-5-22(6-8-23)9-11-29(30,31)32/h10,16-18,22-23H,5-9,11-15H2,1-4H3,(H,33,34,38)/b16-10+. The van der Waals surface area contributed by atoms with E-state index in [1.165, 1.54) is 0 Å². The third kappa shape index (κ3) is 7.25. The Morgan fingerprint density at radius 3 is 2.36 bits per heavy atom. The highest BCUT2D eigenvalue weighted by Crippen LogP contribution is 2.39. The lowest BCUT2D eigenvalue weighted by molar-refractivity contribution is -0.138. The van der Waals surface area contributed by atoms with Crippen LogP contribution >= 0.6 is 11.9 Å². The molecule has 214 valence electrons. The molecule has 1 saturated carbocycles. The van der Waals surface area contributed by atoms with Gasteiger partial charge in [-0.15, -0.1) is 0 Å². The number of amidine groups is 1. The fraction of sp³-hybridized carbons (Fsp3) is 0.621. The third-order valence-corrected chi connectivity index (χ3v) is 9.42. The van der Waals surface area contributed by atoms with Crippen molar-refractivity contribution in [1.82, 2.24) is 9.62 Å². The third-order valence-electron chi connectivity index (χ3n) is 8.50. The summed E-state index contributed by atoms with van der Waals surface area (Å²) in [4.78, 5) is 31.2. The maximum Gasteiger partial charge on any atom is 0.389 e. The first kappa shape index (κ1) is 29.6. The Morgan fingerprint density at radius 2 is 1.79 bits per heavy atom. The normalized spacial score (nSPS) is 23.8. The number of alkyl halides is 3. The summed E-state index contributed by atoms with van der Waals surface area (Å²) in [6.07, 6.45) is 1.88. The highest BCUT2D eigenvalue weighted by molar-refractivity contribution is 8.00. The summed E-state index contributed by atoms with van der Waals surface area (Å²) in [5.74, 6) is 0.961. The molecule has 0 bridgehead atoms. The minimum atomic E-state index is -4.09. The van der Waals surface area contributed by atoms with Crippen LogP contribution in [0.25, 0.3) is 6.08 Å². The van der Waals surface area contributed by atoms with Gasteiger partial charge in [-0.3, -0.25) is 14.6 Å². The molecule has 10 heteroatoms. The first-order valence-corrected chi connectivity index (χ1v) is 14.6. The van der Waals surface area contributed by atoms with E-state index in [2.05, 4.69) is 21.1 Å². The Balaban J connectivity index is 1.29. The second-order valence-electron chi connectivity index (χ2n) is 11.3. The Bertz CT molecular complexity index is 1110. The number of rotatable bonds is 7. The van der Waals surface area contributed by atoms with Gasteiger partial charge >= 0.3 is 6.18 Å². The Labute approximate surface area is 233 Å². The summed E-state index contributed by atoms with van der Waals surface area (Å²) in [7, 11) is 1.77. The van der Waals surface area contributed by atoms with Crippen LogP contribution in [-0.2, 0) is 9.59 Å². The number of aliphatic imine (C=N–C) groups is 1. The lowest BCUT2D eigenvalue weighted by Crippen LogP contribution is -2.47. The van der Waals surface area contributed by atoms with Crippen molar-refractivity contribution in [1.29, 1.82) is 0 Å². The van der Waals surface area contributed by atoms with Gasteiger partial charge in [0.2, 0.25) is 5.91 Å². The van der Waals surface area contributed by atoms with Crippen LogP contribution in [0.5, 0.6) is 0 Å². The monoisotopic (exact) mass is 564 g/mol. The van der Waals surface area contributed by atoms with Gasteiger partial charge in [-0.05, 0) is 105 Å². The molecular weight excluding hydrogens is 525 g/mol. The number of aryl methyl sites for hydroxylation is 2. The molecule has 1 saturated heterocycles. The molecule has 1 N–H and O–H groups in total. The van der Waals surface area contributed by atoms with E-state index in [1.54, 1.807) is 30.8 Å². The SMILES string of the molecule is CC(=O)N(C)c1cc(C)c(/C=C/SN2CCC3(CC2)N=C(C2CCC(CCC(F)(F)F)CC2)NC3=O)c(C)c1. The number of amides is 2. The van der Waals surface area contributed by atoms with Crippen LogP contribution in [0.3, 0.4) is 0 Å². The number of nitrogens with zero attached hydrogens (tertiary/aromatic N) is 3. The fourth-order valence-electron chi connectivity index (χ4n) is 5.90. The Hall–Kier alpha value is -2.33. The van der Waals surface area contributed by atoms with E-state index in [9.17, 15) is 22.8 Å². The number of hydrogen-bond donors (Lipinski definition) is 1. The molecule has 39 heavy (non-hydrogen) atoms. The van der Waals surface area contributed by atoms with Gasteiger partial charge in [0.1, 0.15) is 11.4 Å². The molecule has 1 aliphatic carbocycles. The maximum atomic E-state index is 13.0. The van der Waals surface area contributed by atoms with E-state index >= 15 is 0 Å². The first-order chi connectivity index (χ1) is 18.4. The molecule has 3 aliphatic rings. The zero-order chi connectivity index (χ0) is 28.4. The molecule has 2 heterocycles. The Morgan fingerprint density at radius 1 is 1.18 bits per heavy atom. The highest BCUT2D eigenvalue weighted by Gasteiger charge is 2.47. The van der Waals surface area contributed by atoms with Crippen molar-refractivity contribution in [3.8, 4) is 0 Å². The zero-order valence-electron chi connectivity index (χ0n) is 23.2. The van der Waals surface area contributed by atoms with Crippen LogP contribution in [-0.4, -0.2) is 53.8 Å². The number of carbonyl (C=O) groups excluding carboxylic acids is 2. The van der Waals surface area contributed by atoms with E-state index in [-0.39, 0.29) is 30.1 Å². The second kappa shape index (κ2) is 12.0. The highest BCUT2D eigenvalue weighted by atomic mass is 32.2. The van der Waals surface area contributed by atoms with Gasteiger partial charge in [0.05, 0.1) is 0 Å². The maximum absolute atomic E-state index is 13.0. The predicted octanol–water partition coefficient (Wildman–Crippen LogP) is 6.42. The van der Waals surface area contributed by atoms with E-state index in [0.717, 1.165) is 67.0 Å². The molecule has 2 aliphatic heterocycles. The van der Waals surface area contributed by atoms with Crippen LogP contribution in [0.4, 0.5) is 18.9 Å². The smallest absolute Gasteiger partial charge is 0.316 e. The number of nitrogens with one attached hydrogen (secondary N) is 1. The molecule has 6 nitrogen and oxygen atoms in total. The molecular formula is C29H39F3N4O2S. The van der Waals surface area contributed by atoms with Crippen molar-refractivity contribution < 1.29 is 22.8 Å². The van der Waals surface area contributed by atoms with Crippen LogP contribution in [0.1, 0.15) is 75.0 Å². The van der Waals surface area contributed by atoms with Crippen molar-refractivity contribution in [2.24, 2.45) is 16.8 Å². The van der Waals surface area contributed by atoms with Gasteiger partial charge in [-0.2, -0.15) is 13.2 Å². The van der Waals surface area contributed by atoms with Gasteiger partial charge in [0.25, 0.3) is 5.91 Å². The lowest BCUT2D eigenvalue weighted by Gasteiger charge is -2.34. The minimum absolute atomic E-state index is 0.00449. The number of piperidine rings is 1. The van der Waals surface area contributed by atoms with Gasteiger partial charge in [0, 0.05) is 45.1 Å². The Kier molecular flexibility index (Phi) is 9.15. The molecule has 2 fully saturated rings. The summed E-state index contributed by atoms with van der Waals surface area (Å²) >= 11 is 1.63. The van der Waals surface area contributed by atoms with Crippen molar-refractivity contribution in [3.05, 3.63) is 34.2 Å². The van der Waals surface area contributed by atoms with Crippen LogP contribution in [0.15, 0.2) is 22.5 Å². The van der Waals surface area contributed by atoms with Crippen molar-refractivity contribution in [3.63, 3.8) is 0 Å². The van der Waals surface area contributed by atoms with Crippen LogP contribution < -0.4 is 10.2 Å². The molecule has 1 aromatic rings. The summed E-state index contributed by atoms with van der Waals surface area (Å²) in [5.41, 5.74) is 3.51. The summed E-state index contributed by atoms with van der Waals surface area (Å²) in [6, 6.07) is 4.04. The van der Waals surface area contributed by atoms with Gasteiger partial charge in [-0.25, -0.2) is 4.31 Å². The largest absolute Gasteiger partial charge is 0.389 e. The number of hydrogen-bond acceptors (Lipinski definition) is 5. The summed E-state index contributed by atoms with van der Waals surface area (Å²) in [6.45, 7) is 7.12. The van der Waals surface area contributed by atoms with E-state index in [4.69, 9.17) is 4.99 Å². The van der Waals surface area contributed by atoms with E-state index in [1.807, 2.05) is 26.0 Å². The second-order valence-corrected chi connectivity index (χ2v) is 12.3. The van der Waals surface area contributed by atoms with E-state index < -0.39 is 18.1 Å². The average Bonchev–Trinajstić information content (AvgIpc) is 3.20. The quantitative estimate of drug-likeness (QED) is 0.389. The number of benzene rings is 1. The van der Waals surface area contributed by atoms with Crippen LogP contribution in [0, 0.1) is 25.7 Å². The van der Waals surface area contributed by atoms with Crippen molar-refractivity contribution in [2.45, 2.75) is 83.9 Å². The molecule has 1 aromatic carbocycles. The summed E-state index contributed by atoms with van der Waals surface area (Å²) in [5, 5.41) is 5.11. The van der Waals surface area contributed by atoms with Crippen molar-refractivity contribution in [2.75, 3.05) is 25.0 Å². The number of anilines is 1. The fourth-order valence-corrected chi connectivity index (χ4v) is 6.67. The first-order valence-electron chi connectivity index (χ1n) is 13.8. The van der Waals surface area contributed by atoms with Crippen LogP contribution in [0.2, 0.25) is 0 Å². The molecule has 0 unspecified atom stereocenters. The van der Waals surface area contributed by atoms with Crippen molar-refractivity contribution >= 4 is 41.4 Å². The lowest BCUT2D eigenvalue weighted by atomic mass is 9.79. The predicted molar refractivity (Wildman–Crippen MR) is 151 cm³/mol. The minimum Gasteiger partial charge on any atom is -0.316 e. The topological polar surface area (TPSA) is 65.0 Å². The number of carbonyl (C=O) groups is 2. The van der Waals surface area contributed by atoms with Gasteiger partial charge < -0.3 is 10.2 Å². The molecule has 0 radical (unpaired) electrons. The van der Waals surface area contributed by atoms with Gasteiger partial charge in [-0.1, -0.05) is 11.9 Å². The molecule has 2 amide bonds. The average molecular weight is 565 g/mol. The molecule has 0 aromatic heterocycles. The molecule has 4 rings (SSSR count). The van der Waals surface area contributed by atoms with Gasteiger partial charge in [0.15, 0.2) is 0 Å². The zero-order valence-corrected chi connectivity index (χ0v) is 24.1. The van der Waals surface area contributed by atoms with E-state index in [0.29, 0.717) is 12.8 Å². The number of halogens is 3.